The maximum absolute atomic E-state index is 4.43. The Balaban J connectivity index is 1.98. The minimum absolute atomic E-state index is 0.722. The molecule has 0 radical (unpaired) electrons. The molecule has 1 heterocycles. The molecule has 1 fully saturated rings. The number of hydrogen-bond acceptors (Lipinski definition) is 2. The first kappa shape index (κ1) is 12.6. The van der Waals surface area contributed by atoms with Crippen LogP contribution < -0.4 is 5.32 Å². The molecule has 3 atom stereocenters. The van der Waals surface area contributed by atoms with Crippen molar-refractivity contribution in [1.82, 2.24) is 15.1 Å². The fourth-order valence-corrected chi connectivity index (χ4v) is 3.21. The van der Waals surface area contributed by atoms with Crippen molar-refractivity contribution >= 4 is 0 Å². The van der Waals surface area contributed by atoms with E-state index < -0.39 is 0 Å². The molecular formula is C14H25N3. The van der Waals surface area contributed by atoms with E-state index in [-0.39, 0.29) is 0 Å². The lowest BCUT2D eigenvalue weighted by Gasteiger charge is -2.21. The summed E-state index contributed by atoms with van der Waals surface area (Å²) >= 11 is 0. The lowest BCUT2D eigenvalue weighted by molar-refractivity contribution is 0.350. The van der Waals surface area contributed by atoms with Gasteiger partial charge in [-0.15, -0.1) is 0 Å². The molecule has 0 spiro atoms. The number of nitrogens with one attached hydrogen (secondary N) is 1. The van der Waals surface area contributed by atoms with Gasteiger partial charge in [0.05, 0.1) is 5.69 Å². The lowest BCUT2D eigenvalue weighted by atomic mass is 9.91. The highest BCUT2D eigenvalue weighted by molar-refractivity contribution is 5.10. The molecular weight excluding hydrogens is 210 g/mol. The zero-order valence-corrected chi connectivity index (χ0v) is 11.5. The average molecular weight is 235 g/mol. The highest BCUT2D eigenvalue weighted by Crippen LogP contribution is 2.34. The molecule has 96 valence electrons. The summed E-state index contributed by atoms with van der Waals surface area (Å²) in [5, 5.41) is 8.04. The van der Waals surface area contributed by atoms with Gasteiger partial charge in [-0.25, -0.2) is 0 Å². The summed E-state index contributed by atoms with van der Waals surface area (Å²) in [6.45, 7) is 7.76. The Kier molecular flexibility index (Phi) is 3.87. The Morgan fingerprint density at radius 2 is 2.24 bits per heavy atom. The van der Waals surface area contributed by atoms with E-state index in [1.165, 1.54) is 25.0 Å². The van der Waals surface area contributed by atoms with Crippen LogP contribution in [0.1, 0.15) is 38.1 Å². The van der Waals surface area contributed by atoms with Crippen LogP contribution >= 0.6 is 0 Å². The maximum atomic E-state index is 4.43. The highest BCUT2D eigenvalue weighted by Gasteiger charge is 2.32. The summed E-state index contributed by atoms with van der Waals surface area (Å²) in [5.41, 5.74) is 2.52. The van der Waals surface area contributed by atoms with Crippen LogP contribution in [0, 0.1) is 18.8 Å². The molecule has 1 N–H and O–H groups in total. The Morgan fingerprint density at radius 3 is 2.82 bits per heavy atom. The van der Waals surface area contributed by atoms with Gasteiger partial charge in [-0.2, -0.15) is 5.10 Å². The third kappa shape index (κ3) is 2.71. The van der Waals surface area contributed by atoms with Crippen molar-refractivity contribution in [3.63, 3.8) is 0 Å². The van der Waals surface area contributed by atoms with Crippen molar-refractivity contribution in [2.75, 3.05) is 6.54 Å². The van der Waals surface area contributed by atoms with Crippen LogP contribution in [0.15, 0.2) is 6.07 Å². The largest absolute Gasteiger partial charge is 0.314 e. The van der Waals surface area contributed by atoms with Crippen LogP contribution in [-0.2, 0) is 13.5 Å². The zero-order valence-electron chi connectivity index (χ0n) is 11.5. The van der Waals surface area contributed by atoms with E-state index in [0.29, 0.717) is 0 Å². The molecule has 1 saturated carbocycles. The van der Waals surface area contributed by atoms with Crippen LogP contribution in [0.2, 0.25) is 0 Å². The van der Waals surface area contributed by atoms with Crippen LogP contribution in [0.5, 0.6) is 0 Å². The van der Waals surface area contributed by atoms with Gasteiger partial charge in [0.25, 0.3) is 0 Å². The molecule has 17 heavy (non-hydrogen) atoms. The van der Waals surface area contributed by atoms with Gasteiger partial charge in [0, 0.05) is 18.8 Å². The van der Waals surface area contributed by atoms with E-state index in [2.05, 4.69) is 44.3 Å². The van der Waals surface area contributed by atoms with Gasteiger partial charge >= 0.3 is 0 Å². The Morgan fingerprint density at radius 1 is 1.47 bits per heavy atom. The van der Waals surface area contributed by atoms with Crippen molar-refractivity contribution in [3.05, 3.63) is 17.5 Å². The molecule has 2 rings (SSSR count). The molecule has 0 aromatic carbocycles. The maximum Gasteiger partial charge on any atom is 0.0596 e. The van der Waals surface area contributed by atoms with E-state index >= 15 is 0 Å². The smallest absolute Gasteiger partial charge is 0.0596 e. The summed E-state index contributed by atoms with van der Waals surface area (Å²) in [4.78, 5) is 0. The molecule has 0 aliphatic heterocycles. The van der Waals surface area contributed by atoms with E-state index in [0.717, 1.165) is 30.1 Å². The van der Waals surface area contributed by atoms with Crippen molar-refractivity contribution < 1.29 is 0 Å². The molecule has 1 aliphatic rings. The number of rotatable bonds is 4. The second kappa shape index (κ2) is 5.21. The third-order valence-electron chi connectivity index (χ3n) is 4.26. The summed E-state index contributed by atoms with van der Waals surface area (Å²) in [7, 11) is 2.06. The van der Waals surface area contributed by atoms with Gasteiger partial charge in [0.2, 0.25) is 0 Å². The van der Waals surface area contributed by atoms with Crippen molar-refractivity contribution in [2.45, 2.75) is 46.1 Å². The summed E-state index contributed by atoms with van der Waals surface area (Å²) < 4.78 is 2.04. The normalized spacial score (nSPS) is 28.8. The fourth-order valence-electron chi connectivity index (χ4n) is 3.21. The van der Waals surface area contributed by atoms with Crippen LogP contribution in [-0.4, -0.2) is 22.4 Å². The van der Waals surface area contributed by atoms with Crippen molar-refractivity contribution in [2.24, 2.45) is 18.9 Å². The SMILES string of the molecule is CCNC1CCC(Cc2cc(C)nn2C)C1C. The second-order valence-corrected chi connectivity index (χ2v) is 5.47. The second-order valence-electron chi connectivity index (χ2n) is 5.47. The van der Waals surface area contributed by atoms with Gasteiger partial charge in [-0.1, -0.05) is 13.8 Å². The molecule has 1 aliphatic carbocycles. The van der Waals surface area contributed by atoms with Crippen LogP contribution in [0.25, 0.3) is 0 Å². The number of nitrogens with zero attached hydrogens (tertiary/aromatic N) is 2. The Labute approximate surface area is 105 Å². The Bertz CT molecular complexity index is 370. The van der Waals surface area contributed by atoms with Gasteiger partial charge in [-0.05, 0) is 50.6 Å². The topological polar surface area (TPSA) is 29.9 Å². The minimum Gasteiger partial charge on any atom is -0.314 e. The van der Waals surface area contributed by atoms with Crippen molar-refractivity contribution in [1.29, 1.82) is 0 Å². The number of aromatic nitrogens is 2. The minimum atomic E-state index is 0.722. The van der Waals surface area contributed by atoms with Gasteiger partial charge in [0.1, 0.15) is 0 Å². The van der Waals surface area contributed by atoms with E-state index in [4.69, 9.17) is 0 Å². The molecule has 0 bridgehead atoms. The monoisotopic (exact) mass is 235 g/mol. The highest BCUT2D eigenvalue weighted by atomic mass is 15.3. The summed E-state index contributed by atoms with van der Waals surface area (Å²) in [5.74, 6) is 1.60. The van der Waals surface area contributed by atoms with Gasteiger partial charge in [-0.3, -0.25) is 4.68 Å². The van der Waals surface area contributed by atoms with Crippen molar-refractivity contribution in [3.8, 4) is 0 Å². The van der Waals surface area contributed by atoms with E-state index in [9.17, 15) is 0 Å². The molecule has 0 saturated heterocycles. The summed E-state index contributed by atoms with van der Waals surface area (Å²) in [6, 6.07) is 2.95. The molecule has 3 nitrogen and oxygen atoms in total. The molecule has 1 aromatic rings. The first-order chi connectivity index (χ1) is 8.11. The lowest BCUT2D eigenvalue weighted by Crippen LogP contribution is -2.32. The molecule has 1 aromatic heterocycles. The average Bonchev–Trinajstić information content (AvgIpc) is 2.76. The summed E-state index contributed by atoms with van der Waals surface area (Å²) in [6.07, 6.45) is 3.86. The Hall–Kier alpha value is -0.830. The number of hydrogen-bond donors (Lipinski definition) is 1. The van der Waals surface area contributed by atoms with Gasteiger partial charge in [0.15, 0.2) is 0 Å². The van der Waals surface area contributed by atoms with Gasteiger partial charge < -0.3 is 5.32 Å². The standard InChI is InChI=1S/C14H25N3/c1-5-15-14-7-6-12(11(14)3)9-13-8-10(2)16-17(13)4/h8,11-12,14-15H,5-7,9H2,1-4H3. The molecule has 3 unspecified atom stereocenters. The van der Waals surface area contributed by atoms with E-state index in [1.54, 1.807) is 0 Å². The predicted octanol–water partition coefficient (Wildman–Crippen LogP) is 2.30. The zero-order chi connectivity index (χ0) is 12.4. The predicted molar refractivity (Wildman–Crippen MR) is 71.0 cm³/mol. The first-order valence-corrected chi connectivity index (χ1v) is 6.84. The fraction of sp³-hybridized carbons (Fsp3) is 0.786. The van der Waals surface area contributed by atoms with E-state index in [1.807, 2.05) is 4.68 Å². The quantitative estimate of drug-likeness (QED) is 0.868. The molecule has 0 amide bonds. The number of aryl methyl sites for hydroxylation is 2. The molecule has 3 heteroatoms. The third-order valence-corrected chi connectivity index (χ3v) is 4.26. The van der Waals surface area contributed by atoms with Crippen LogP contribution in [0.4, 0.5) is 0 Å². The van der Waals surface area contributed by atoms with Crippen LogP contribution in [0.3, 0.4) is 0 Å². The first-order valence-electron chi connectivity index (χ1n) is 6.84.